The summed E-state index contributed by atoms with van der Waals surface area (Å²) in [6.07, 6.45) is 0.208. The molecule has 1 heterocycles. The van der Waals surface area contributed by atoms with Crippen molar-refractivity contribution in [2.24, 2.45) is 0 Å². The van der Waals surface area contributed by atoms with Crippen LogP contribution in [0.5, 0.6) is 5.75 Å². The third-order valence-electron chi connectivity index (χ3n) is 4.41. The van der Waals surface area contributed by atoms with Crippen LogP contribution in [0.15, 0.2) is 47.4 Å². The Balaban J connectivity index is 1.63. The molecular formula is C18H18Cl2N2O4S. The van der Waals surface area contributed by atoms with Gasteiger partial charge in [0.05, 0.1) is 21.4 Å². The van der Waals surface area contributed by atoms with E-state index in [1.807, 2.05) is 0 Å². The van der Waals surface area contributed by atoms with Crippen molar-refractivity contribution in [2.45, 2.75) is 11.3 Å². The first kappa shape index (κ1) is 19.9. The fourth-order valence-electron chi connectivity index (χ4n) is 2.86. The summed E-state index contributed by atoms with van der Waals surface area (Å²) in [5.41, 5.74) is 0.795. The van der Waals surface area contributed by atoms with Crippen LogP contribution in [-0.2, 0) is 21.2 Å². The van der Waals surface area contributed by atoms with Crippen LogP contribution in [-0.4, -0.2) is 54.8 Å². The molecule has 1 aliphatic rings. The zero-order valence-corrected chi connectivity index (χ0v) is 16.6. The van der Waals surface area contributed by atoms with Gasteiger partial charge in [-0.05, 0) is 35.9 Å². The molecule has 2 aromatic carbocycles. The number of carbonyl (C=O) groups excluding carboxylic acids is 1. The molecular weight excluding hydrogens is 411 g/mol. The van der Waals surface area contributed by atoms with Crippen molar-refractivity contribution in [3.8, 4) is 5.75 Å². The highest BCUT2D eigenvalue weighted by Crippen LogP contribution is 2.27. The number of carbonyl (C=O) groups is 1. The topological polar surface area (TPSA) is 77.9 Å². The maximum Gasteiger partial charge on any atom is 0.243 e. The van der Waals surface area contributed by atoms with Crippen molar-refractivity contribution in [1.29, 1.82) is 0 Å². The van der Waals surface area contributed by atoms with E-state index in [1.54, 1.807) is 17.0 Å². The van der Waals surface area contributed by atoms with E-state index in [2.05, 4.69) is 0 Å². The summed E-state index contributed by atoms with van der Waals surface area (Å²) in [5, 5.41) is 9.77. The summed E-state index contributed by atoms with van der Waals surface area (Å²) in [6.45, 7) is 1.06. The van der Waals surface area contributed by atoms with E-state index in [0.717, 1.165) is 5.56 Å². The second kappa shape index (κ2) is 8.06. The van der Waals surface area contributed by atoms with Crippen LogP contribution in [0, 0.1) is 0 Å². The normalized spacial score (nSPS) is 15.7. The first-order chi connectivity index (χ1) is 12.8. The van der Waals surface area contributed by atoms with Gasteiger partial charge in [-0.15, -0.1) is 0 Å². The highest BCUT2D eigenvalue weighted by Gasteiger charge is 2.30. The van der Waals surface area contributed by atoms with E-state index in [9.17, 15) is 18.3 Å². The molecule has 0 spiro atoms. The maximum atomic E-state index is 12.7. The second-order valence-electron chi connectivity index (χ2n) is 6.20. The monoisotopic (exact) mass is 428 g/mol. The number of nitrogens with zero attached hydrogens (tertiary/aromatic N) is 2. The van der Waals surface area contributed by atoms with Gasteiger partial charge >= 0.3 is 0 Å². The molecule has 27 heavy (non-hydrogen) atoms. The van der Waals surface area contributed by atoms with Gasteiger partial charge in [0.1, 0.15) is 5.75 Å². The van der Waals surface area contributed by atoms with Crippen molar-refractivity contribution in [3.63, 3.8) is 0 Å². The van der Waals surface area contributed by atoms with Crippen LogP contribution < -0.4 is 0 Å². The van der Waals surface area contributed by atoms with Gasteiger partial charge in [-0.25, -0.2) is 8.42 Å². The molecule has 1 saturated heterocycles. The number of amides is 1. The lowest BCUT2D eigenvalue weighted by Gasteiger charge is -2.34. The van der Waals surface area contributed by atoms with Crippen molar-refractivity contribution in [2.75, 3.05) is 26.2 Å². The molecule has 2 aromatic rings. The Morgan fingerprint density at radius 1 is 0.963 bits per heavy atom. The molecule has 0 unspecified atom stereocenters. The number of hydrogen-bond acceptors (Lipinski definition) is 4. The number of phenolic OH excluding ortho intramolecular Hbond substituents is 1. The minimum atomic E-state index is -3.69. The molecule has 9 heteroatoms. The summed E-state index contributed by atoms with van der Waals surface area (Å²) in [6, 6.07) is 10.7. The van der Waals surface area contributed by atoms with E-state index in [0.29, 0.717) is 18.1 Å². The summed E-state index contributed by atoms with van der Waals surface area (Å²) >= 11 is 11.8. The second-order valence-corrected chi connectivity index (χ2v) is 8.96. The number of halogens is 2. The van der Waals surface area contributed by atoms with Gasteiger partial charge in [0.25, 0.3) is 0 Å². The summed E-state index contributed by atoms with van der Waals surface area (Å²) in [7, 11) is -3.69. The number of rotatable bonds is 4. The Morgan fingerprint density at radius 3 is 2.19 bits per heavy atom. The highest BCUT2D eigenvalue weighted by molar-refractivity contribution is 7.89. The van der Waals surface area contributed by atoms with E-state index >= 15 is 0 Å². The summed E-state index contributed by atoms with van der Waals surface area (Å²) in [4.78, 5) is 14.2. The quantitative estimate of drug-likeness (QED) is 0.811. The van der Waals surface area contributed by atoms with E-state index in [4.69, 9.17) is 23.2 Å². The van der Waals surface area contributed by atoms with Crippen LogP contribution in [0.2, 0.25) is 10.0 Å². The molecule has 3 rings (SSSR count). The lowest BCUT2D eigenvalue weighted by atomic mass is 10.1. The fraction of sp³-hybridized carbons (Fsp3) is 0.278. The zero-order chi connectivity index (χ0) is 19.6. The van der Waals surface area contributed by atoms with Gasteiger partial charge < -0.3 is 10.0 Å². The predicted molar refractivity (Wildman–Crippen MR) is 104 cm³/mol. The molecule has 0 atom stereocenters. The van der Waals surface area contributed by atoms with Crippen LogP contribution in [0.4, 0.5) is 0 Å². The molecule has 0 radical (unpaired) electrons. The molecule has 0 bridgehead atoms. The van der Waals surface area contributed by atoms with Crippen molar-refractivity contribution in [3.05, 3.63) is 58.1 Å². The average Bonchev–Trinajstić information content (AvgIpc) is 2.66. The number of piperazine rings is 1. The number of hydrogen-bond donors (Lipinski definition) is 1. The van der Waals surface area contributed by atoms with E-state index in [1.165, 1.54) is 34.6 Å². The van der Waals surface area contributed by atoms with Gasteiger partial charge in [-0.1, -0.05) is 35.3 Å². The van der Waals surface area contributed by atoms with Crippen molar-refractivity contribution < 1.29 is 18.3 Å². The molecule has 0 saturated carbocycles. The molecule has 0 aliphatic carbocycles. The highest BCUT2D eigenvalue weighted by atomic mass is 35.5. The van der Waals surface area contributed by atoms with Crippen molar-refractivity contribution >= 4 is 39.1 Å². The molecule has 1 aliphatic heterocycles. The first-order valence-corrected chi connectivity index (χ1v) is 10.5. The lowest BCUT2D eigenvalue weighted by molar-refractivity contribution is -0.131. The SMILES string of the molecule is O=C(Cc1ccc(O)cc1)N1CCN(S(=O)(=O)c2ccc(Cl)c(Cl)c2)CC1. The molecule has 144 valence electrons. The Kier molecular flexibility index (Phi) is 5.95. The minimum Gasteiger partial charge on any atom is -0.508 e. The standard InChI is InChI=1S/C18H18Cl2N2O4S/c19-16-6-5-15(12-17(16)20)27(25,26)22-9-7-21(8-10-22)18(24)11-13-1-3-14(23)4-2-13/h1-6,12,23H,7-11H2. The number of benzene rings is 2. The minimum absolute atomic E-state index is 0.0766. The third-order valence-corrected chi connectivity index (χ3v) is 7.05. The lowest BCUT2D eigenvalue weighted by Crippen LogP contribution is -2.50. The molecule has 0 aromatic heterocycles. The maximum absolute atomic E-state index is 12.7. The van der Waals surface area contributed by atoms with E-state index < -0.39 is 10.0 Å². The molecule has 1 amide bonds. The number of sulfonamides is 1. The van der Waals surface area contributed by atoms with E-state index in [-0.39, 0.29) is 41.1 Å². The molecule has 1 fully saturated rings. The summed E-state index contributed by atoms with van der Waals surface area (Å²) < 4.78 is 26.8. The Hall–Kier alpha value is -1.80. The van der Waals surface area contributed by atoms with Crippen LogP contribution in [0.1, 0.15) is 5.56 Å². The first-order valence-electron chi connectivity index (χ1n) is 8.28. The summed E-state index contributed by atoms with van der Waals surface area (Å²) in [5.74, 6) is 0.0691. The van der Waals surface area contributed by atoms with Gasteiger partial charge in [0.2, 0.25) is 15.9 Å². The third kappa shape index (κ3) is 4.55. The molecule has 6 nitrogen and oxygen atoms in total. The van der Waals surface area contributed by atoms with Crippen LogP contribution in [0.3, 0.4) is 0 Å². The largest absolute Gasteiger partial charge is 0.508 e. The average molecular weight is 429 g/mol. The number of aromatic hydroxyl groups is 1. The van der Waals surface area contributed by atoms with Gasteiger partial charge in [-0.2, -0.15) is 4.31 Å². The van der Waals surface area contributed by atoms with Gasteiger partial charge in [-0.3, -0.25) is 4.79 Å². The molecule has 1 N–H and O–H groups in total. The smallest absolute Gasteiger partial charge is 0.243 e. The predicted octanol–water partition coefficient (Wildman–Crippen LogP) is 2.77. The van der Waals surface area contributed by atoms with Crippen molar-refractivity contribution in [1.82, 2.24) is 9.21 Å². The number of phenols is 1. The zero-order valence-electron chi connectivity index (χ0n) is 14.3. The Morgan fingerprint density at radius 2 is 1.59 bits per heavy atom. The van der Waals surface area contributed by atoms with Crippen LogP contribution in [0.25, 0.3) is 0 Å². The van der Waals surface area contributed by atoms with Gasteiger partial charge in [0, 0.05) is 26.2 Å². The van der Waals surface area contributed by atoms with Crippen LogP contribution >= 0.6 is 23.2 Å². The Labute approximate surface area is 168 Å². The fourth-order valence-corrected chi connectivity index (χ4v) is 4.68. The Bertz CT molecular complexity index is 940. The van der Waals surface area contributed by atoms with Gasteiger partial charge in [0.15, 0.2) is 0 Å².